The molecule has 0 saturated carbocycles. The molecule has 3 aromatic rings. The van der Waals surface area contributed by atoms with Gasteiger partial charge in [-0.3, -0.25) is 0 Å². The van der Waals surface area contributed by atoms with Gasteiger partial charge in [-0.2, -0.15) is 0 Å². The zero-order valence-corrected chi connectivity index (χ0v) is 17.1. The Balaban J connectivity index is 1.66. The maximum atomic E-state index is 10.7. The van der Waals surface area contributed by atoms with Gasteiger partial charge in [0.2, 0.25) is 0 Å². The van der Waals surface area contributed by atoms with Crippen molar-refractivity contribution in [1.29, 1.82) is 0 Å². The van der Waals surface area contributed by atoms with Crippen LogP contribution >= 0.6 is 0 Å². The normalized spacial score (nSPS) is 26.3. The molecule has 1 N–H and O–H groups in total. The van der Waals surface area contributed by atoms with Gasteiger partial charge in [-0.25, -0.2) is 0 Å². The van der Waals surface area contributed by atoms with Crippen LogP contribution in [0.4, 0.5) is 0 Å². The van der Waals surface area contributed by atoms with E-state index in [0.29, 0.717) is 13.0 Å². The summed E-state index contributed by atoms with van der Waals surface area (Å²) < 4.78 is 12.5. The Morgan fingerprint density at radius 3 is 2.63 bits per heavy atom. The summed E-state index contributed by atoms with van der Waals surface area (Å²) in [5.41, 5.74) is 10.2. The van der Waals surface area contributed by atoms with E-state index in [1.165, 1.54) is 0 Å². The number of hydrogen-bond acceptors (Lipinski definition) is 4. The minimum absolute atomic E-state index is 0.179. The lowest BCUT2D eigenvalue weighted by atomic mass is 9.80. The minimum atomic E-state index is -0.824. The van der Waals surface area contributed by atoms with Crippen LogP contribution in [0.3, 0.4) is 0 Å². The van der Waals surface area contributed by atoms with Crippen molar-refractivity contribution in [3.05, 3.63) is 88.3 Å². The molecule has 0 unspecified atom stereocenters. The van der Waals surface area contributed by atoms with E-state index in [1.807, 2.05) is 74.5 Å². The maximum absolute atomic E-state index is 10.7. The first-order valence-corrected chi connectivity index (χ1v) is 10.1. The molecule has 6 nitrogen and oxygen atoms in total. The summed E-state index contributed by atoms with van der Waals surface area (Å²) >= 11 is 0. The molecule has 1 heterocycles. The number of nitrogens with zero attached hydrogens (tertiary/aromatic N) is 3. The number of hydrogen-bond donors (Lipinski definition) is 1. The summed E-state index contributed by atoms with van der Waals surface area (Å²) in [7, 11) is 0. The van der Waals surface area contributed by atoms with Crippen LogP contribution in [0.2, 0.25) is 0 Å². The second-order valence-corrected chi connectivity index (χ2v) is 8.02. The van der Waals surface area contributed by atoms with E-state index in [9.17, 15) is 10.6 Å². The lowest BCUT2D eigenvalue weighted by Gasteiger charge is -2.45. The average molecular weight is 403 g/mol. The predicted octanol–water partition coefficient (Wildman–Crippen LogP) is 6.05. The molecule has 0 aromatic heterocycles. The molecule has 1 saturated heterocycles. The highest BCUT2D eigenvalue weighted by Gasteiger charge is 2.47. The Kier molecular flexibility index (Phi) is 5.64. The third kappa shape index (κ3) is 3.85. The third-order valence-electron chi connectivity index (χ3n) is 5.83. The first-order valence-electron chi connectivity index (χ1n) is 10.1. The lowest BCUT2D eigenvalue weighted by molar-refractivity contribution is -0.169. The highest BCUT2D eigenvalue weighted by molar-refractivity contribution is 5.88. The molecule has 0 bridgehead atoms. The number of fused-ring (bicyclic) bond motifs is 1. The van der Waals surface area contributed by atoms with Crippen LogP contribution in [0.5, 0.6) is 5.75 Å². The van der Waals surface area contributed by atoms with Crippen molar-refractivity contribution in [2.24, 2.45) is 5.11 Å². The fourth-order valence-electron chi connectivity index (χ4n) is 4.44. The zero-order chi connectivity index (χ0) is 21.1. The van der Waals surface area contributed by atoms with Crippen molar-refractivity contribution in [3.8, 4) is 5.75 Å². The summed E-state index contributed by atoms with van der Waals surface area (Å²) in [5.74, 6) is 0.179. The van der Waals surface area contributed by atoms with E-state index in [2.05, 4.69) is 10.0 Å². The quantitative estimate of drug-likeness (QED) is 0.319. The molecule has 0 spiro atoms. The van der Waals surface area contributed by atoms with Gasteiger partial charge in [0.05, 0.1) is 30.5 Å². The number of phenolic OH excluding ortho intramolecular Hbond substituents is 1. The van der Waals surface area contributed by atoms with Crippen molar-refractivity contribution in [2.75, 3.05) is 0 Å². The van der Waals surface area contributed by atoms with Crippen LogP contribution in [-0.4, -0.2) is 22.9 Å². The number of benzene rings is 3. The fourth-order valence-corrected chi connectivity index (χ4v) is 4.44. The molecule has 1 aliphatic heterocycles. The molecular formula is C24H25N3O3. The molecule has 1 fully saturated rings. The van der Waals surface area contributed by atoms with Gasteiger partial charge in [0.1, 0.15) is 5.75 Å². The first kappa shape index (κ1) is 20.2. The number of aromatic hydroxyl groups is 1. The van der Waals surface area contributed by atoms with Crippen molar-refractivity contribution < 1.29 is 14.6 Å². The number of phenols is 1. The SMILES string of the molecule is C[C@@H]1O[C@H](c2c(O)ccc3ccccc23)C[C@](C)(N=[N+]=[N-])[C@@H]1OCc1ccccc1. The molecule has 154 valence electrons. The number of rotatable bonds is 5. The Morgan fingerprint density at radius 1 is 1.13 bits per heavy atom. The molecule has 1 aliphatic rings. The van der Waals surface area contributed by atoms with Gasteiger partial charge < -0.3 is 14.6 Å². The highest BCUT2D eigenvalue weighted by atomic mass is 16.6. The largest absolute Gasteiger partial charge is 0.508 e. The average Bonchev–Trinajstić information content (AvgIpc) is 2.74. The smallest absolute Gasteiger partial charge is 0.122 e. The number of ether oxygens (including phenoxy) is 2. The summed E-state index contributed by atoms with van der Waals surface area (Å²) in [4.78, 5) is 3.11. The summed E-state index contributed by atoms with van der Waals surface area (Å²) in [6.45, 7) is 4.23. The van der Waals surface area contributed by atoms with Gasteiger partial charge in [-0.15, -0.1) is 0 Å². The summed E-state index contributed by atoms with van der Waals surface area (Å²) in [5, 5.41) is 16.7. The van der Waals surface area contributed by atoms with Crippen LogP contribution in [-0.2, 0) is 16.1 Å². The van der Waals surface area contributed by atoms with Gasteiger partial charge in [0.25, 0.3) is 0 Å². The Bertz CT molecular complexity index is 1080. The minimum Gasteiger partial charge on any atom is -0.508 e. The second kappa shape index (κ2) is 8.36. The van der Waals surface area contributed by atoms with Gasteiger partial charge in [-0.1, -0.05) is 72.7 Å². The van der Waals surface area contributed by atoms with Crippen molar-refractivity contribution >= 4 is 10.8 Å². The van der Waals surface area contributed by atoms with Gasteiger partial charge in [0.15, 0.2) is 0 Å². The fraction of sp³-hybridized carbons (Fsp3) is 0.333. The Hall–Kier alpha value is -3.05. The maximum Gasteiger partial charge on any atom is 0.122 e. The van der Waals surface area contributed by atoms with E-state index in [0.717, 1.165) is 21.9 Å². The predicted molar refractivity (Wildman–Crippen MR) is 116 cm³/mol. The molecule has 6 heteroatoms. The van der Waals surface area contributed by atoms with E-state index in [-0.39, 0.29) is 11.9 Å². The molecule has 0 amide bonds. The van der Waals surface area contributed by atoms with Crippen molar-refractivity contribution in [2.45, 2.75) is 50.7 Å². The van der Waals surface area contributed by atoms with Crippen LogP contribution in [0.25, 0.3) is 21.2 Å². The Morgan fingerprint density at radius 2 is 1.87 bits per heavy atom. The second-order valence-electron chi connectivity index (χ2n) is 8.02. The molecule has 30 heavy (non-hydrogen) atoms. The van der Waals surface area contributed by atoms with Crippen LogP contribution in [0.15, 0.2) is 71.8 Å². The van der Waals surface area contributed by atoms with E-state index < -0.39 is 17.7 Å². The molecule has 0 aliphatic carbocycles. The van der Waals surface area contributed by atoms with Gasteiger partial charge in [-0.05, 0) is 41.3 Å². The molecule has 4 rings (SSSR count). The van der Waals surface area contributed by atoms with Crippen LogP contribution < -0.4 is 0 Å². The van der Waals surface area contributed by atoms with E-state index in [4.69, 9.17) is 9.47 Å². The molecular weight excluding hydrogens is 378 g/mol. The van der Waals surface area contributed by atoms with E-state index >= 15 is 0 Å². The molecule has 4 atom stereocenters. The number of azide groups is 1. The first-order chi connectivity index (χ1) is 14.5. The van der Waals surface area contributed by atoms with Crippen LogP contribution in [0.1, 0.15) is 37.5 Å². The summed E-state index contributed by atoms with van der Waals surface area (Å²) in [6, 6.07) is 21.3. The van der Waals surface area contributed by atoms with Crippen LogP contribution in [0, 0.1) is 0 Å². The summed E-state index contributed by atoms with van der Waals surface area (Å²) in [6.07, 6.45) is -0.760. The topological polar surface area (TPSA) is 87.5 Å². The monoisotopic (exact) mass is 403 g/mol. The lowest BCUT2D eigenvalue weighted by Crippen LogP contribution is -2.52. The standard InChI is InChI=1S/C24H25N3O3/c1-16-23(29-15-17-8-4-3-5-9-17)24(2,26-27-25)14-21(30-16)22-19-11-7-6-10-18(19)12-13-20(22)28/h3-13,16,21,23,28H,14-15H2,1-2H3/t16-,21-,23+,24-/m0/s1. The zero-order valence-electron chi connectivity index (χ0n) is 17.1. The van der Waals surface area contributed by atoms with Crippen molar-refractivity contribution in [1.82, 2.24) is 0 Å². The highest BCUT2D eigenvalue weighted by Crippen LogP contribution is 2.45. The molecule has 3 aromatic carbocycles. The van der Waals surface area contributed by atoms with E-state index in [1.54, 1.807) is 6.07 Å². The third-order valence-corrected chi connectivity index (χ3v) is 5.83. The Labute approximate surface area is 175 Å². The molecule has 0 radical (unpaired) electrons. The van der Waals surface area contributed by atoms with Gasteiger partial charge in [0, 0.05) is 10.5 Å². The van der Waals surface area contributed by atoms with Crippen molar-refractivity contribution in [3.63, 3.8) is 0 Å². The van der Waals surface area contributed by atoms with Gasteiger partial charge >= 0.3 is 0 Å².